The van der Waals surface area contributed by atoms with Crippen molar-refractivity contribution in [3.05, 3.63) is 11.9 Å². The van der Waals surface area contributed by atoms with Crippen molar-refractivity contribution in [3.8, 4) is 0 Å². The first kappa shape index (κ1) is 11.5. The summed E-state index contributed by atoms with van der Waals surface area (Å²) in [6.07, 6.45) is 3.54. The maximum Gasteiger partial charge on any atom is 0.159 e. The molecule has 2 heterocycles. The summed E-state index contributed by atoms with van der Waals surface area (Å²) >= 11 is 0. The second kappa shape index (κ2) is 5.38. The summed E-state index contributed by atoms with van der Waals surface area (Å²) in [7, 11) is 3.81. The summed E-state index contributed by atoms with van der Waals surface area (Å²) in [5.41, 5.74) is 0.986. The van der Waals surface area contributed by atoms with Gasteiger partial charge in [0.2, 0.25) is 0 Å². The normalized spacial score (nSPS) is 19.1. The average Bonchev–Trinajstić information content (AvgIpc) is 2.89. The molecule has 0 amide bonds. The third-order valence-electron chi connectivity index (χ3n) is 2.68. The van der Waals surface area contributed by atoms with Crippen LogP contribution in [0, 0.1) is 0 Å². The number of aryl methyl sites for hydroxylation is 1. The highest BCUT2D eigenvalue weighted by Gasteiger charge is 2.21. The lowest BCUT2D eigenvalue weighted by atomic mass is 10.1. The van der Waals surface area contributed by atoms with Crippen molar-refractivity contribution in [3.63, 3.8) is 0 Å². The molecule has 0 saturated carbocycles. The van der Waals surface area contributed by atoms with Crippen LogP contribution in [0.25, 0.3) is 0 Å². The van der Waals surface area contributed by atoms with E-state index in [1.165, 1.54) is 0 Å². The van der Waals surface area contributed by atoms with Crippen LogP contribution in [-0.2, 0) is 22.9 Å². The van der Waals surface area contributed by atoms with E-state index in [0.29, 0.717) is 19.3 Å². The fraction of sp³-hybridized carbons (Fsp3) is 0.800. The standard InChI is InChI=1S/C10H18N4O2/c1-11-8(6-10-15-3-4-16-10)5-9-7-14(2)13-12-9/h7-8,10-11H,3-6H2,1-2H3. The number of nitrogens with one attached hydrogen (secondary N) is 1. The molecule has 6 heteroatoms. The van der Waals surface area contributed by atoms with Gasteiger partial charge in [0.15, 0.2) is 6.29 Å². The highest BCUT2D eigenvalue weighted by Crippen LogP contribution is 2.12. The quantitative estimate of drug-likeness (QED) is 0.747. The Balaban J connectivity index is 1.84. The SMILES string of the molecule is CNC(Cc1cn(C)nn1)CC1OCCO1. The Bertz CT molecular complexity index is 322. The zero-order valence-corrected chi connectivity index (χ0v) is 9.72. The van der Waals surface area contributed by atoms with Crippen molar-refractivity contribution in [1.29, 1.82) is 0 Å². The van der Waals surface area contributed by atoms with E-state index in [9.17, 15) is 0 Å². The van der Waals surface area contributed by atoms with Crippen LogP contribution in [0.4, 0.5) is 0 Å². The fourth-order valence-corrected chi connectivity index (χ4v) is 1.82. The molecule has 1 aliphatic heterocycles. The first-order valence-electron chi connectivity index (χ1n) is 5.53. The van der Waals surface area contributed by atoms with E-state index in [-0.39, 0.29) is 6.29 Å². The summed E-state index contributed by atoms with van der Waals surface area (Å²) in [5.74, 6) is 0. The molecule has 0 bridgehead atoms. The Morgan fingerprint density at radius 3 is 2.88 bits per heavy atom. The highest BCUT2D eigenvalue weighted by atomic mass is 16.7. The summed E-state index contributed by atoms with van der Waals surface area (Å²) in [6, 6.07) is 0.305. The van der Waals surface area contributed by atoms with E-state index >= 15 is 0 Å². The van der Waals surface area contributed by atoms with Crippen molar-refractivity contribution >= 4 is 0 Å². The van der Waals surface area contributed by atoms with E-state index in [2.05, 4.69) is 15.6 Å². The Kier molecular flexibility index (Phi) is 3.87. The van der Waals surface area contributed by atoms with E-state index in [4.69, 9.17) is 9.47 Å². The number of hydrogen-bond acceptors (Lipinski definition) is 5. The smallest absolute Gasteiger partial charge is 0.159 e. The van der Waals surface area contributed by atoms with Crippen LogP contribution in [0.3, 0.4) is 0 Å². The minimum absolute atomic E-state index is 0.0749. The molecule has 1 aromatic heterocycles. The van der Waals surface area contributed by atoms with Gasteiger partial charge in [0, 0.05) is 32.1 Å². The van der Waals surface area contributed by atoms with Gasteiger partial charge in [-0.3, -0.25) is 4.68 Å². The molecule has 1 fully saturated rings. The van der Waals surface area contributed by atoms with Crippen LogP contribution in [-0.4, -0.2) is 47.6 Å². The second-order valence-electron chi connectivity index (χ2n) is 3.98. The molecule has 0 aliphatic carbocycles. The van der Waals surface area contributed by atoms with Crippen molar-refractivity contribution in [1.82, 2.24) is 20.3 Å². The first-order valence-corrected chi connectivity index (χ1v) is 5.53. The van der Waals surface area contributed by atoms with Crippen LogP contribution in [0.15, 0.2) is 6.20 Å². The van der Waals surface area contributed by atoms with Crippen molar-refractivity contribution < 1.29 is 9.47 Å². The van der Waals surface area contributed by atoms with Gasteiger partial charge in [-0.05, 0) is 7.05 Å². The molecule has 2 rings (SSSR count). The van der Waals surface area contributed by atoms with Gasteiger partial charge in [0.05, 0.1) is 18.9 Å². The largest absolute Gasteiger partial charge is 0.350 e. The van der Waals surface area contributed by atoms with Crippen LogP contribution >= 0.6 is 0 Å². The lowest BCUT2D eigenvalue weighted by Gasteiger charge is -2.18. The minimum Gasteiger partial charge on any atom is -0.350 e. The van der Waals surface area contributed by atoms with Gasteiger partial charge in [-0.25, -0.2) is 0 Å². The fourth-order valence-electron chi connectivity index (χ4n) is 1.82. The molecule has 1 aliphatic rings. The van der Waals surface area contributed by atoms with Crippen LogP contribution in [0.5, 0.6) is 0 Å². The summed E-state index contributed by atoms with van der Waals surface area (Å²) < 4.78 is 12.6. The minimum atomic E-state index is -0.0749. The Hall–Kier alpha value is -0.980. The number of nitrogens with zero attached hydrogens (tertiary/aromatic N) is 3. The molecule has 16 heavy (non-hydrogen) atoms. The van der Waals surface area contributed by atoms with Crippen LogP contribution in [0.1, 0.15) is 12.1 Å². The predicted octanol–water partition coefficient (Wildman–Crippen LogP) is -0.291. The van der Waals surface area contributed by atoms with E-state index in [1.807, 2.05) is 20.3 Å². The van der Waals surface area contributed by atoms with E-state index in [0.717, 1.165) is 18.5 Å². The Morgan fingerprint density at radius 2 is 2.31 bits per heavy atom. The molecule has 0 spiro atoms. The third kappa shape index (κ3) is 3.01. The van der Waals surface area contributed by atoms with Gasteiger partial charge >= 0.3 is 0 Å². The van der Waals surface area contributed by atoms with Gasteiger partial charge in [0.1, 0.15) is 0 Å². The summed E-state index contributed by atoms with van der Waals surface area (Å²) in [5, 5.41) is 11.2. The molecule has 1 saturated heterocycles. The molecule has 0 radical (unpaired) electrons. The lowest BCUT2D eigenvalue weighted by Crippen LogP contribution is -2.32. The average molecular weight is 226 g/mol. The number of ether oxygens (including phenoxy) is 2. The zero-order valence-electron chi connectivity index (χ0n) is 9.72. The zero-order chi connectivity index (χ0) is 11.4. The molecule has 1 unspecified atom stereocenters. The number of rotatable bonds is 5. The molecule has 90 valence electrons. The maximum absolute atomic E-state index is 5.42. The first-order chi connectivity index (χ1) is 7.78. The third-order valence-corrected chi connectivity index (χ3v) is 2.68. The van der Waals surface area contributed by atoms with Gasteiger partial charge in [0.25, 0.3) is 0 Å². The molecular formula is C10H18N4O2. The van der Waals surface area contributed by atoms with Crippen LogP contribution < -0.4 is 5.32 Å². The van der Waals surface area contributed by atoms with Crippen molar-refractivity contribution in [2.45, 2.75) is 25.2 Å². The van der Waals surface area contributed by atoms with Gasteiger partial charge in [-0.15, -0.1) is 5.10 Å². The highest BCUT2D eigenvalue weighted by molar-refractivity contribution is 4.95. The molecular weight excluding hydrogens is 208 g/mol. The second-order valence-corrected chi connectivity index (χ2v) is 3.98. The summed E-state index contributed by atoms with van der Waals surface area (Å²) in [6.45, 7) is 1.40. The molecule has 0 aromatic carbocycles. The summed E-state index contributed by atoms with van der Waals surface area (Å²) in [4.78, 5) is 0. The maximum atomic E-state index is 5.42. The van der Waals surface area contributed by atoms with Crippen molar-refractivity contribution in [2.75, 3.05) is 20.3 Å². The van der Waals surface area contributed by atoms with Crippen LogP contribution in [0.2, 0.25) is 0 Å². The lowest BCUT2D eigenvalue weighted by molar-refractivity contribution is -0.0523. The van der Waals surface area contributed by atoms with E-state index < -0.39 is 0 Å². The Morgan fingerprint density at radius 1 is 1.56 bits per heavy atom. The molecule has 1 N–H and O–H groups in total. The Labute approximate surface area is 94.9 Å². The van der Waals surface area contributed by atoms with Gasteiger partial charge in [-0.1, -0.05) is 5.21 Å². The molecule has 1 atom stereocenters. The monoisotopic (exact) mass is 226 g/mol. The number of aromatic nitrogens is 3. The van der Waals surface area contributed by atoms with Crippen molar-refractivity contribution in [2.24, 2.45) is 7.05 Å². The predicted molar refractivity (Wildman–Crippen MR) is 57.9 cm³/mol. The number of hydrogen-bond donors (Lipinski definition) is 1. The number of likely N-dealkylation sites (N-methyl/N-ethyl adjacent to an activating group) is 1. The molecule has 6 nitrogen and oxygen atoms in total. The van der Waals surface area contributed by atoms with Gasteiger partial charge < -0.3 is 14.8 Å². The molecule has 1 aromatic rings. The topological polar surface area (TPSA) is 61.2 Å². The van der Waals surface area contributed by atoms with E-state index in [1.54, 1.807) is 4.68 Å². The van der Waals surface area contributed by atoms with Gasteiger partial charge in [-0.2, -0.15) is 0 Å².